The van der Waals surface area contributed by atoms with Gasteiger partial charge in [-0.3, -0.25) is 14.5 Å². The van der Waals surface area contributed by atoms with Crippen molar-refractivity contribution < 1.29 is 4.79 Å². The third-order valence-corrected chi connectivity index (χ3v) is 4.68. The molecule has 0 atom stereocenters. The number of pyridine rings is 1. The summed E-state index contributed by atoms with van der Waals surface area (Å²) in [6, 6.07) is 17.8. The number of nitrogens with one attached hydrogen (secondary N) is 1. The Labute approximate surface area is 151 Å². The van der Waals surface area contributed by atoms with Gasteiger partial charge in [0.2, 0.25) is 5.91 Å². The first-order chi connectivity index (χ1) is 12.2. The third-order valence-electron chi connectivity index (χ3n) is 3.67. The van der Waals surface area contributed by atoms with Gasteiger partial charge in [-0.05, 0) is 30.3 Å². The zero-order valence-electron chi connectivity index (χ0n) is 14.1. The SMILES string of the molecule is Cn1nc(CNC(=O)CCSc2ccccc2)cc1-c1ccccn1. The van der Waals surface area contributed by atoms with Crippen LogP contribution in [0.3, 0.4) is 0 Å². The standard InChI is InChI=1S/C19H20N4OS/c1-23-18(17-9-5-6-11-20-17)13-15(22-23)14-21-19(24)10-12-25-16-7-3-2-4-8-16/h2-9,11,13H,10,12,14H2,1H3,(H,21,24). The molecule has 3 rings (SSSR count). The van der Waals surface area contributed by atoms with Gasteiger partial charge in [0.15, 0.2) is 0 Å². The van der Waals surface area contributed by atoms with Gasteiger partial charge in [-0.15, -0.1) is 11.8 Å². The van der Waals surface area contributed by atoms with Crippen LogP contribution in [0.1, 0.15) is 12.1 Å². The van der Waals surface area contributed by atoms with Gasteiger partial charge in [0.1, 0.15) is 0 Å². The van der Waals surface area contributed by atoms with Gasteiger partial charge in [0, 0.05) is 30.3 Å². The van der Waals surface area contributed by atoms with Crippen LogP contribution < -0.4 is 5.32 Å². The van der Waals surface area contributed by atoms with E-state index in [4.69, 9.17) is 0 Å². The van der Waals surface area contributed by atoms with Gasteiger partial charge < -0.3 is 5.32 Å². The number of carbonyl (C=O) groups is 1. The molecule has 0 fully saturated rings. The molecule has 0 spiro atoms. The molecule has 0 saturated heterocycles. The summed E-state index contributed by atoms with van der Waals surface area (Å²) in [4.78, 5) is 17.5. The van der Waals surface area contributed by atoms with E-state index in [1.807, 2.05) is 49.5 Å². The second kappa shape index (κ2) is 8.48. The molecule has 0 aliphatic carbocycles. The van der Waals surface area contributed by atoms with E-state index in [0.29, 0.717) is 13.0 Å². The van der Waals surface area contributed by atoms with E-state index in [0.717, 1.165) is 22.8 Å². The molecular weight excluding hydrogens is 332 g/mol. The molecule has 6 heteroatoms. The van der Waals surface area contributed by atoms with Crippen LogP contribution in [0, 0.1) is 0 Å². The van der Waals surface area contributed by atoms with E-state index in [1.54, 1.807) is 22.6 Å². The number of hydrogen-bond donors (Lipinski definition) is 1. The molecule has 0 saturated carbocycles. The third kappa shape index (κ3) is 4.93. The maximum Gasteiger partial charge on any atom is 0.221 e. The number of nitrogens with zero attached hydrogens (tertiary/aromatic N) is 3. The first kappa shape index (κ1) is 17.2. The lowest BCUT2D eigenvalue weighted by Crippen LogP contribution is -2.23. The number of aromatic nitrogens is 3. The van der Waals surface area contributed by atoms with Crippen LogP contribution in [0.5, 0.6) is 0 Å². The molecule has 5 nitrogen and oxygen atoms in total. The lowest BCUT2D eigenvalue weighted by molar-refractivity contribution is -0.120. The molecule has 0 aliphatic heterocycles. The largest absolute Gasteiger partial charge is 0.350 e. The second-order valence-corrected chi connectivity index (χ2v) is 6.72. The summed E-state index contributed by atoms with van der Waals surface area (Å²) in [7, 11) is 1.88. The Morgan fingerprint density at radius 1 is 1.16 bits per heavy atom. The van der Waals surface area contributed by atoms with E-state index >= 15 is 0 Å². The quantitative estimate of drug-likeness (QED) is 0.663. The van der Waals surface area contributed by atoms with E-state index in [9.17, 15) is 4.79 Å². The summed E-state index contributed by atoms with van der Waals surface area (Å²) in [6.07, 6.45) is 2.24. The van der Waals surface area contributed by atoms with E-state index in [2.05, 4.69) is 27.5 Å². The van der Waals surface area contributed by atoms with Crippen molar-refractivity contribution in [2.75, 3.05) is 5.75 Å². The highest BCUT2D eigenvalue weighted by Gasteiger charge is 2.09. The van der Waals surface area contributed by atoms with E-state index < -0.39 is 0 Å². The average molecular weight is 352 g/mol. The topological polar surface area (TPSA) is 59.8 Å². The first-order valence-corrected chi connectivity index (χ1v) is 9.10. The van der Waals surface area contributed by atoms with Crippen LogP contribution in [0.2, 0.25) is 0 Å². The fourth-order valence-corrected chi connectivity index (χ4v) is 3.30. The van der Waals surface area contributed by atoms with Gasteiger partial charge in [-0.1, -0.05) is 24.3 Å². The number of rotatable bonds is 7. The molecule has 1 amide bonds. The van der Waals surface area contributed by atoms with Crippen molar-refractivity contribution in [3.8, 4) is 11.4 Å². The highest BCUT2D eigenvalue weighted by molar-refractivity contribution is 7.99. The number of hydrogen-bond acceptors (Lipinski definition) is 4. The molecular formula is C19H20N4OS. The van der Waals surface area contributed by atoms with Gasteiger partial charge in [0.05, 0.1) is 23.6 Å². The molecule has 25 heavy (non-hydrogen) atoms. The van der Waals surface area contributed by atoms with Gasteiger partial charge in [-0.25, -0.2) is 0 Å². The van der Waals surface area contributed by atoms with Crippen molar-refractivity contribution in [1.29, 1.82) is 0 Å². The minimum Gasteiger partial charge on any atom is -0.350 e. The van der Waals surface area contributed by atoms with Crippen LogP contribution in [-0.4, -0.2) is 26.4 Å². The Morgan fingerprint density at radius 2 is 1.96 bits per heavy atom. The minimum absolute atomic E-state index is 0.0356. The van der Waals surface area contributed by atoms with Gasteiger partial charge in [0.25, 0.3) is 0 Å². The Morgan fingerprint density at radius 3 is 2.72 bits per heavy atom. The number of carbonyl (C=O) groups excluding carboxylic acids is 1. The molecule has 128 valence electrons. The van der Waals surface area contributed by atoms with Crippen LogP contribution >= 0.6 is 11.8 Å². The van der Waals surface area contributed by atoms with Crippen molar-refractivity contribution in [3.63, 3.8) is 0 Å². The predicted octanol–water partition coefficient (Wildman–Crippen LogP) is 3.28. The monoisotopic (exact) mass is 352 g/mol. The number of amides is 1. The lowest BCUT2D eigenvalue weighted by atomic mass is 10.2. The zero-order valence-corrected chi connectivity index (χ0v) is 14.9. The summed E-state index contributed by atoms with van der Waals surface area (Å²) in [5.41, 5.74) is 2.63. The van der Waals surface area contributed by atoms with E-state index in [1.165, 1.54) is 4.90 Å². The molecule has 0 bridgehead atoms. The Kier molecular flexibility index (Phi) is 5.85. The lowest BCUT2D eigenvalue weighted by Gasteiger charge is -2.03. The van der Waals surface area contributed by atoms with Crippen molar-refractivity contribution in [2.24, 2.45) is 7.05 Å². The molecule has 2 aromatic heterocycles. The fourth-order valence-electron chi connectivity index (χ4n) is 2.42. The Bertz CT molecular complexity index is 818. The van der Waals surface area contributed by atoms with Crippen molar-refractivity contribution in [2.45, 2.75) is 17.9 Å². The minimum atomic E-state index is 0.0356. The van der Waals surface area contributed by atoms with Crippen LogP contribution in [0.4, 0.5) is 0 Å². The highest BCUT2D eigenvalue weighted by Crippen LogP contribution is 2.18. The molecule has 0 radical (unpaired) electrons. The predicted molar refractivity (Wildman–Crippen MR) is 100 cm³/mol. The maximum absolute atomic E-state index is 12.0. The molecule has 1 aromatic carbocycles. The van der Waals surface area contributed by atoms with E-state index in [-0.39, 0.29) is 5.91 Å². The summed E-state index contributed by atoms with van der Waals surface area (Å²) >= 11 is 1.69. The molecule has 2 heterocycles. The molecule has 0 aliphatic rings. The molecule has 0 unspecified atom stereocenters. The molecule has 1 N–H and O–H groups in total. The average Bonchev–Trinajstić information content (AvgIpc) is 3.02. The normalized spacial score (nSPS) is 10.6. The summed E-state index contributed by atoms with van der Waals surface area (Å²) in [6.45, 7) is 0.426. The maximum atomic E-state index is 12.0. The summed E-state index contributed by atoms with van der Waals surface area (Å²) < 4.78 is 1.79. The van der Waals surface area contributed by atoms with Gasteiger partial charge in [-0.2, -0.15) is 5.10 Å². The van der Waals surface area contributed by atoms with Crippen LogP contribution in [0.25, 0.3) is 11.4 Å². The first-order valence-electron chi connectivity index (χ1n) is 8.11. The Hall–Kier alpha value is -2.60. The summed E-state index contributed by atoms with van der Waals surface area (Å²) in [5, 5.41) is 7.37. The van der Waals surface area contributed by atoms with Crippen molar-refractivity contribution in [1.82, 2.24) is 20.1 Å². The zero-order chi connectivity index (χ0) is 17.5. The number of aryl methyl sites for hydroxylation is 1. The number of benzene rings is 1. The fraction of sp³-hybridized carbons (Fsp3) is 0.211. The molecule has 3 aromatic rings. The smallest absolute Gasteiger partial charge is 0.221 e. The van der Waals surface area contributed by atoms with Crippen molar-refractivity contribution in [3.05, 3.63) is 66.5 Å². The summed E-state index contributed by atoms with van der Waals surface area (Å²) in [5.74, 6) is 0.797. The second-order valence-electron chi connectivity index (χ2n) is 5.55. The number of thioether (sulfide) groups is 1. The Balaban J connectivity index is 1.48. The van der Waals surface area contributed by atoms with Crippen LogP contribution in [-0.2, 0) is 18.4 Å². The van der Waals surface area contributed by atoms with Gasteiger partial charge >= 0.3 is 0 Å². The van der Waals surface area contributed by atoms with Crippen molar-refractivity contribution >= 4 is 17.7 Å². The highest BCUT2D eigenvalue weighted by atomic mass is 32.2. The van der Waals surface area contributed by atoms with Crippen LogP contribution in [0.15, 0.2) is 65.7 Å².